The molecular weight excluding hydrogens is 461 g/mol. The van der Waals surface area contributed by atoms with Crippen molar-refractivity contribution >= 4 is 45.9 Å². The van der Waals surface area contributed by atoms with Crippen LogP contribution in [0.4, 0.5) is 0 Å². The highest BCUT2D eigenvalue weighted by atomic mass is 35.5. The summed E-state index contributed by atoms with van der Waals surface area (Å²) in [6, 6.07) is 9.33. The molecular formula is C21H23Cl2N3O2S2. The molecule has 0 radical (unpaired) electrons. The van der Waals surface area contributed by atoms with E-state index in [0.29, 0.717) is 15.5 Å². The molecule has 1 aromatic carbocycles. The highest BCUT2D eigenvalue weighted by molar-refractivity contribution is 7.90. The summed E-state index contributed by atoms with van der Waals surface area (Å²) < 4.78 is 15.8. The van der Waals surface area contributed by atoms with Gasteiger partial charge in [0.05, 0.1) is 0 Å². The third-order valence-electron chi connectivity index (χ3n) is 4.71. The van der Waals surface area contributed by atoms with Crippen molar-refractivity contribution < 1.29 is 9.66 Å². The van der Waals surface area contributed by atoms with Crippen LogP contribution in [-0.4, -0.2) is 24.4 Å². The number of hydrogen-bond donors (Lipinski definition) is 2. The van der Waals surface area contributed by atoms with Gasteiger partial charge in [-0.05, 0) is 62.4 Å². The van der Waals surface area contributed by atoms with Crippen molar-refractivity contribution in [1.82, 2.24) is 14.7 Å². The lowest BCUT2D eigenvalue weighted by molar-refractivity contribution is 0.223. The molecule has 160 valence electrons. The van der Waals surface area contributed by atoms with Crippen LogP contribution in [0.1, 0.15) is 55.4 Å². The van der Waals surface area contributed by atoms with E-state index < -0.39 is 27.8 Å². The van der Waals surface area contributed by atoms with Gasteiger partial charge in [-0.3, -0.25) is 0 Å². The Morgan fingerprint density at radius 2 is 1.90 bits per heavy atom. The molecule has 0 fully saturated rings. The normalized spacial score (nSPS) is 16.1. The van der Waals surface area contributed by atoms with E-state index in [2.05, 4.69) is 14.7 Å². The van der Waals surface area contributed by atoms with Crippen molar-refractivity contribution in [2.24, 2.45) is 0 Å². The van der Waals surface area contributed by atoms with Gasteiger partial charge >= 0.3 is 0 Å². The maximum absolute atomic E-state index is 13.0. The van der Waals surface area contributed by atoms with Gasteiger partial charge in [-0.1, -0.05) is 35.3 Å². The molecule has 0 aliphatic rings. The fourth-order valence-corrected chi connectivity index (χ4v) is 5.16. The first-order chi connectivity index (χ1) is 14.0. The van der Waals surface area contributed by atoms with E-state index in [-0.39, 0.29) is 5.15 Å². The first kappa shape index (κ1) is 23.5. The lowest BCUT2D eigenvalue weighted by atomic mass is 9.87. The van der Waals surface area contributed by atoms with E-state index in [1.165, 1.54) is 23.9 Å². The predicted molar refractivity (Wildman–Crippen MR) is 124 cm³/mol. The Morgan fingerprint density at radius 3 is 2.53 bits per heavy atom. The van der Waals surface area contributed by atoms with Crippen LogP contribution in [0.2, 0.25) is 10.2 Å². The summed E-state index contributed by atoms with van der Waals surface area (Å²) in [6.45, 7) is 7.69. The second-order valence-corrected chi connectivity index (χ2v) is 11.7. The van der Waals surface area contributed by atoms with Crippen LogP contribution in [0.25, 0.3) is 0 Å². The highest BCUT2D eigenvalue weighted by Gasteiger charge is 2.39. The number of nitrogens with zero attached hydrogens (tertiary/aromatic N) is 2. The van der Waals surface area contributed by atoms with Gasteiger partial charge < -0.3 is 9.66 Å². The van der Waals surface area contributed by atoms with E-state index in [0.717, 1.165) is 11.1 Å². The molecule has 0 aliphatic carbocycles. The second-order valence-electron chi connectivity index (χ2n) is 8.03. The first-order valence-electron chi connectivity index (χ1n) is 9.20. The Balaban J connectivity index is 2.04. The van der Waals surface area contributed by atoms with Gasteiger partial charge in [0.15, 0.2) is 0 Å². The smallest absolute Gasteiger partial charge is 0.138 e. The maximum atomic E-state index is 13.0. The third kappa shape index (κ3) is 4.99. The summed E-state index contributed by atoms with van der Waals surface area (Å²) in [6.07, 6.45) is 1.87. The predicted octanol–water partition coefficient (Wildman–Crippen LogP) is 5.24. The van der Waals surface area contributed by atoms with Crippen LogP contribution in [0, 0.1) is 0 Å². The van der Waals surface area contributed by atoms with Crippen LogP contribution in [0.15, 0.2) is 48.2 Å². The van der Waals surface area contributed by atoms with Gasteiger partial charge in [0.1, 0.15) is 27.9 Å². The van der Waals surface area contributed by atoms with E-state index in [1.807, 2.05) is 57.3 Å². The Labute approximate surface area is 193 Å². The van der Waals surface area contributed by atoms with Crippen LogP contribution >= 0.6 is 34.5 Å². The molecule has 3 atom stereocenters. The summed E-state index contributed by atoms with van der Waals surface area (Å²) in [4.78, 5) is 8.57. The van der Waals surface area contributed by atoms with E-state index >= 15 is 0 Å². The van der Waals surface area contributed by atoms with Gasteiger partial charge in [-0.15, -0.1) is 16.1 Å². The van der Waals surface area contributed by atoms with Crippen molar-refractivity contribution in [2.45, 2.75) is 44.1 Å². The van der Waals surface area contributed by atoms with Gasteiger partial charge in [-0.25, -0.2) is 9.97 Å². The van der Waals surface area contributed by atoms with E-state index in [9.17, 15) is 9.66 Å². The minimum Gasteiger partial charge on any atom is -0.598 e. The lowest BCUT2D eigenvalue weighted by Crippen LogP contribution is -2.50. The van der Waals surface area contributed by atoms with Gasteiger partial charge in [0.25, 0.3) is 0 Å². The second kappa shape index (κ2) is 9.12. The Morgan fingerprint density at radius 1 is 1.17 bits per heavy atom. The van der Waals surface area contributed by atoms with E-state index in [1.54, 1.807) is 6.07 Å². The Bertz CT molecular complexity index is 1030. The quantitative estimate of drug-likeness (QED) is 0.369. The fourth-order valence-electron chi connectivity index (χ4n) is 2.84. The average molecular weight is 484 g/mol. The fraction of sp³-hybridized carbons (Fsp3) is 0.333. The number of aliphatic hydroxyl groups is 1. The summed E-state index contributed by atoms with van der Waals surface area (Å²) in [5.41, 5.74) is 1.36. The minimum absolute atomic E-state index is 0.206. The van der Waals surface area contributed by atoms with Crippen molar-refractivity contribution in [2.75, 3.05) is 0 Å². The zero-order valence-electron chi connectivity index (χ0n) is 17.0. The number of rotatable bonds is 6. The lowest BCUT2D eigenvalue weighted by Gasteiger charge is -2.35. The number of hydrogen-bond acceptors (Lipinski definition) is 6. The molecule has 0 aliphatic heterocycles. The minimum atomic E-state index is -1.35. The molecule has 2 aromatic heterocycles. The molecule has 9 heteroatoms. The molecule has 0 spiro atoms. The number of thiophene rings is 1. The van der Waals surface area contributed by atoms with Crippen molar-refractivity contribution in [3.8, 4) is 0 Å². The Hall–Kier alpha value is -1.19. The topological polar surface area (TPSA) is 81.1 Å². The number of aromatic nitrogens is 2. The zero-order chi connectivity index (χ0) is 22.1. The highest BCUT2D eigenvalue weighted by Crippen LogP contribution is 2.38. The SMILES string of the molecule is CC(N[S+]([O-])C(C)(C)C)(c1cccc(Cl)c1)c1csc([C@@H](O)c2cncnc2Cl)c1. The summed E-state index contributed by atoms with van der Waals surface area (Å²) >= 11 is 12.4. The van der Waals surface area contributed by atoms with Crippen LogP contribution in [-0.2, 0) is 16.9 Å². The first-order valence-corrected chi connectivity index (χ1v) is 12.0. The van der Waals surface area contributed by atoms with Crippen molar-refractivity contribution in [1.29, 1.82) is 0 Å². The molecule has 0 saturated heterocycles. The molecule has 0 saturated carbocycles. The Kier molecular flexibility index (Phi) is 7.14. The van der Waals surface area contributed by atoms with Gasteiger partial charge in [0.2, 0.25) is 0 Å². The third-order valence-corrected chi connectivity index (χ3v) is 7.95. The van der Waals surface area contributed by atoms with Crippen LogP contribution in [0.3, 0.4) is 0 Å². The number of halogens is 2. The van der Waals surface area contributed by atoms with Crippen LogP contribution in [0.5, 0.6) is 0 Å². The molecule has 2 heterocycles. The molecule has 2 N–H and O–H groups in total. The molecule has 0 amide bonds. The number of benzene rings is 1. The monoisotopic (exact) mass is 483 g/mol. The molecule has 3 rings (SSSR count). The van der Waals surface area contributed by atoms with Crippen molar-refractivity contribution in [3.05, 3.63) is 80.0 Å². The zero-order valence-corrected chi connectivity index (χ0v) is 20.2. The average Bonchev–Trinajstić information content (AvgIpc) is 3.18. The number of nitrogens with one attached hydrogen (secondary N) is 1. The molecule has 2 unspecified atom stereocenters. The standard InChI is InChI=1S/C21H23Cl2N3O2S2/c1-20(2,3)30(28)26-21(4,13-6-5-7-15(22)8-13)14-9-17(29-11-14)18(27)16-10-24-12-25-19(16)23/h5-12,18,26-27H,1-4H3/t18-,21?,30?/m0/s1. The molecule has 3 aromatic rings. The van der Waals surface area contributed by atoms with E-state index in [4.69, 9.17) is 23.2 Å². The molecule has 0 bridgehead atoms. The molecule has 5 nitrogen and oxygen atoms in total. The summed E-state index contributed by atoms with van der Waals surface area (Å²) in [5.74, 6) is 0. The number of aliphatic hydroxyl groups excluding tert-OH is 1. The van der Waals surface area contributed by atoms with Gasteiger partial charge in [-0.2, -0.15) is 0 Å². The maximum Gasteiger partial charge on any atom is 0.138 e. The molecule has 30 heavy (non-hydrogen) atoms. The van der Waals surface area contributed by atoms with Crippen molar-refractivity contribution in [3.63, 3.8) is 0 Å². The largest absolute Gasteiger partial charge is 0.598 e. The van der Waals surface area contributed by atoms with Crippen LogP contribution < -0.4 is 4.72 Å². The van der Waals surface area contributed by atoms with Gasteiger partial charge in [0, 0.05) is 33.0 Å². The summed E-state index contributed by atoms with van der Waals surface area (Å²) in [5, 5.41) is 13.6. The summed E-state index contributed by atoms with van der Waals surface area (Å²) in [7, 11) is 0.